The van der Waals surface area contributed by atoms with E-state index in [1.165, 1.54) is 12.8 Å². The van der Waals surface area contributed by atoms with E-state index in [-0.39, 0.29) is 17.4 Å². The summed E-state index contributed by atoms with van der Waals surface area (Å²) in [5.41, 5.74) is 6.73. The number of nitrogens with two attached hydrogens (primary N) is 1. The van der Waals surface area contributed by atoms with Crippen molar-refractivity contribution < 1.29 is 4.79 Å². The van der Waals surface area contributed by atoms with Gasteiger partial charge in [-0.2, -0.15) is 0 Å². The van der Waals surface area contributed by atoms with Gasteiger partial charge in [-0.1, -0.05) is 43.2 Å². The van der Waals surface area contributed by atoms with Gasteiger partial charge in [0.25, 0.3) is 0 Å². The maximum absolute atomic E-state index is 12.3. The summed E-state index contributed by atoms with van der Waals surface area (Å²) in [6.07, 6.45) is 4.56. The van der Waals surface area contributed by atoms with E-state index >= 15 is 0 Å². The molecule has 1 aliphatic rings. The predicted molar refractivity (Wildman–Crippen MR) is 73.3 cm³/mol. The molecule has 1 unspecified atom stereocenters. The second kappa shape index (κ2) is 5.53. The molecule has 0 radical (unpaired) electrons. The Kier molecular flexibility index (Phi) is 4.02. The molecule has 1 saturated carbocycles. The zero-order chi connectivity index (χ0) is 13.0. The van der Waals surface area contributed by atoms with Crippen molar-refractivity contribution in [3.05, 3.63) is 35.9 Å². The van der Waals surface area contributed by atoms with Crippen molar-refractivity contribution in [1.82, 2.24) is 5.32 Å². The summed E-state index contributed by atoms with van der Waals surface area (Å²) in [5.74, 6) is -0.170. The van der Waals surface area contributed by atoms with E-state index in [4.69, 9.17) is 5.73 Å². The number of benzene rings is 1. The number of hydrogen-bond donors (Lipinski definition) is 2. The third kappa shape index (κ3) is 2.91. The highest BCUT2D eigenvalue weighted by molar-refractivity contribution is 5.84. The van der Waals surface area contributed by atoms with Crippen LogP contribution in [0.3, 0.4) is 0 Å². The predicted octanol–water partition coefficient (Wildman–Crippen LogP) is 2.18. The van der Waals surface area contributed by atoms with Gasteiger partial charge >= 0.3 is 0 Å². The molecular formula is C15H22N2O. The first-order valence-corrected chi connectivity index (χ1v) is 6.72. The molecule has 0 saturated heterocycles. The zero-order valence-corrected chi connectivity index (χ0v) is 11.0. The van der Waals surface area contributed by atoms with Crippen LogP contribution >= 0.6 is 0 Å². The van der Waals surface area contributed by atoms with Gasteiger partial charge in [-0.3, -0.25) is 4.79 Å². The molecule has 2 rings (SSSR count). The second-order valence-corrected chi connectivity index (χ2v) is 5.46. The lowest BCUT2D eigenvalue weighted by Crippen LogP contribution is -2.47. The van der Waals surface area contributed by atoms with Gasteiger partial charge in [-0.15, -0.1) is 0 Å². The number of carbonyl (C=O) groups excluding carboxylic acids is 1. The molecule has 1 fully saturated rings. The Morgan fingerprint density at radius 1 is 1.33 bits per heavy atom. The van der Waals surface area contributed by atoms with Gasteiger partial charge < -0.3 is 11.1 Å². The first-order valence-electron chi connectivity index (χ1n) is 6.72. The summed E-state index contributed by atoms with van der Waals surface area (Å²) in [6.45, 7) is 2.49. The quantitative estimate of drug-likeness (QED) is 0.855. The largest absolute Gasteiger partial charge is 0.350 e. The topological polar surface area (TPSA) is 55.1 Å². The first kappa shape index (κ1) is 13.1. The minimum absolute atomic E-state index is 0.0285. The molecule has 1 aromatic rings. The Morgan fingerprint density at radius 3 is 2.50 bits per heavy atom. The molecule has 0 bridgehead atoms. The van der Waals surface area contributed by atoms with Gasteiger partial charge in [-0.05, 0) is 25.3 Å². The van der Waals surface area contributed by atoms with Gasteiger partial charge in [0.15, 0.2) is 0 Å². The molecule has 1 amide bonds. The molecular weight excluding hydrogens is 224 g/mol. The molecule has 98 valence electrons. The van der Waals surface area contributed by atoms with E-state index < -0.39 is 0 Å². The summed E-state index contributed by atoms with van der Waals surface area (Å²) in [5, 5.41) is 3.19. The fourth-order valence-corrected chi connectivity index (χ4v) is 2.74. The third-order valence-electron chi connectivity index (χ3n) is 3.89. The summed E-state index contributed by atoms with van der Waals surface area (Å²) in [6, 6.07) is 9.78. The van der Waals surface area contributed by atoms with E-state index in [1.807, 2.05) is 30.3 Å². The summed E-state index contributed by atoms with van der Waals surface area (Å²) in [7, 11) is 0. The van der Waals surface area contributed by atoms with Crippen LogP contribution in [0.25, 0.3) is 0 Å². The van der Waals surface area contributed by atoms with Crippen LogP contribution in [-0.2, 0) is 4.79 Å². The summed E-state index contributed by atoms with van der Waals surface area (Å²) < 4.78 is 0. The van der Waals surface area contributed by atoms with Crippen LogP contribution in [0, 0.1) is 0 Å². The zero-order valence-electron chi connectivity index (χ0n) is 11.0. The summed E-state index contributed by atoms with van der Waals surface area (Å²) >= 11 is 0. The smallest absolute Gasteiger partial charge is 0.229 e. The van der Waals surface area contributed by atoms with Gasteiger partial charge in [0.05, 0.1) is 5.92 Å². The van der Waals surface area contributed by atoms with Crippen LogP contribution in [0.15, 0.2) is 30.3 Å². The molecule has 3 nitrogen and oxygen atoms in total. The van der Waals surface area contributed by atoms with Crippen molar-refractivity contribution >= 4 is 5.91 Å². The van der Waals surface area contributed by atoms with Crippen LogP contribution in [0.4, 0.5) is 0 Å². The number of hydrogen-bond acceptors (Lipinski definition) is 2. The van der Waals surface area contributed by atoms with Crippen molar-refractivity contribution in [3.63, 3.8) is 0 Å². The number of amides is 1. The number of nitrogens with one attached hydrogen (secondary N) is 1. The molecule has 0 aromatic heterocycles. The van der Waals surface area contributed by atoms with Crippen molar-refractivity contribution in [1.29, 1.82) is 0 Å². The van der Waals surface area contributed by atoms with E-state index in [1.54, 1.807) is 0 Å². The fourth-order valence-electron chi connectivity index (χ4n) is 2.74. The molecule has 1 aromatic carbocycles. The molecule has 0 spiro atoms. The van der Waals surface area contributed by atoms with Crippen LogP contribution < -0.4 is 11.1 Å². The maximum Gasteiger partial charge on any atom is 0.229 e. The Labute approximate surface area is 109 Å². The minimum atomic E-state index is -0.233. The van der Waals surface area contributed by atoms with Crippen LogP contribution in [0.1, 0.15) is 44.1 Å². The fraction of sp³-hybridized carbons (Fsp3) is 0.533. The Morgan fingerprint density at radius 2 is 1.94 bits per heavy atom. The molecule has 0 heterocycles. The highest BCUT2D eigenvalue weighted by atomic mass is 16.2. The van der Waals surface area contributed by atoms with Crippen LogP contribution in [0.5, 0.6) is 0 Å². The van der Waals surface area contributed by atoms with Crippen molar-refractivity contribution in [2.24, 2.45) is 5.73 Å². The Balaban J connectivity index is 2.06. The van der Waals surface area contributed by atoms with Crippen molar-refractivity contribution in [2.45, 2.75) is 44.1 Å². The summed E-state index contributed by atoms with van der Waals surface area (Å²) in [4.78, 5) is 12.3. The van der Waals surface area contributed by atoms with Gasteiger partial charge in [0.2, 0.25) is 5.91 Å². The van der Waals surface area contributed by atoms with E-state index in [2.05, 4.69) is 12.2 Å². The molecule has 3 heteroatoms. The first-order chi connectivity index (χ1) is 8.64. The van der Waals surface area contributed by atoms with E-state index in [0.29, 0.717) is 6.54 Å². The monoisotopic (exact) mass is 246 g/mol. The Bertz CT molecular complexity index is 396. The molecule has 1 aliphatic carbocycles. The lowest BCUT2D eigenvalue weighted by Gasteiger charge is -2.28. The molecule has 1 atom stereocenters. The lowest BCUT2D eigenvalue weighted by atomic mass is 9.95. The highest BCUT2D eigenvalue weighted by Crippen LogP contribution is 2.29. The normalized spacial score (nSPS) is 19.4. The average Bonchev–Trinajstić information content (AvgIpc) is 2.78. The molecule has 0 aliphatic heterocycles. The van der Waals surface area contributed by atoms with Gasteiger partial charge in [0, 0.05) is 12.1 Å². The maximum atomic E-state index is 12.3. The average molecular weight is 246 g/mol. The standard InChI is InChI=1S/C15H22N2O/c1-15(9-5-6-10-15)17-14(18)13(11-16)12-7-3-2-4-8-12/h2-4,7-8,13H,5-6,9-11,16H2,1H3,(H,17,18). The minimum Gasteiger partial charge on any atom is -0.350 e. The lowest BCUT2D eigenvalue weighted by molar-refractivity contribution is -0.124. The van der Waals surface area contributed by atoms with E-state index in [9.17, 15) is 4.79 Å². The van der Waals surface area contributed by atoms with E-state index in [0.717, 1.165) is 18.4 Å². The molecule has 18 heavy (non-hydrogen) atoms. The van der Waals surface area contributed by atoms with Crippen molar-refractivity contribution in [3.8, 4) is 0 Å². The van der Waals surface area contributed by atoms with Crippen LogP contribution in [-0.4, -0.2) is 18.0 Å². The highest BCUT2D eigenvalue weighted by Gasteiger charge is 2.32. The van der Waals surface area contributed by atoms with Crippen LogP contribution in [0.2, 0.25) is 0 Å². The van der Waals surface area contributed by atoms with Crippen molar-refractivity contribution in [2.75, 3.05) is 6.54 Å². The third-order valence-corrected chi connectivity index (χ3v) is 3.89. The molecule has 3 N–H and O–H groups in total. The van der Waals surface area contributed by atoms with Gasteiger partial charge in [0.1, 0.15) is 0 Å². The SMILES string of the molecule is CC1(NC(=O)C(CN)c2ccccc2)CCCC1. The van der Waals surface area contributed by atoms with Gasteiger partial charge in [-0.25, -0.2) is 0 Å². The second-order valence-electron chi connectivity index (χ2n) is 5.46. The number of carbonyl (C=O) groups is 1. The number of rotatable bonds is 4. The Hall–Kier alpha value is -1.35.